The van der Waals surface area contributed by atoms with Crippen molar-refractivity contribution in [3.8, 4) is 0 Å². The molecule has 0 radical (unpaired) electrons. The minimum atomic E-state index is -0.152. The van der Waals surface area contributed by atoms with E-state index in [1.165, 1.54) is 0 Å². The van der Waals surface area contributed by atoms with Gasteiger partial charge in [0.25, 0.3) is 0 Å². The molecule has 0 heterocycles. The van der Waals surface area contributed by atoms with Gasteiger partial charge in [0.2, 0.25) is 5.91 Å². The van der Waals surface area contributed by atoms with E-state index >= 15 is 0 Å². The molecule has 22 heavy (non-hydrogen) atoms. The number of hydrogen-bond acceptors (Lipinski definition) is 2. The van der Waals surface area contributed by atoms with Crippen LogP contribution >= 0.6 is 15.9 Å². The Labute approximate surface area is 138 Å². The number of hydrogen-bond donors (Lipinski definition) is 1. The van der Waals surface area contributed by atoms with Crippen molar-refractivity contribution < 1.29 is 9.59 Å². The molecule has 2 aromatic carbocycles. The molecule has 1 N–H and O–H groups in total. The maximum atomic E-state index is 12.2. The summed E-state index contributed by atoms with van der Waals surface area (Å²) in [7, 11) is 0. The third-order valence-corrected chi connectivity index (χ3v) is 3.93. The molecule has 114 valence electrons. The molecule has 1 amide bonds. The second kappa shape index (κ2) is 7.36. The van der Waals surface area contributed by atoms with E-state index in [9.17, 15) is 9.59 Å². The first kappa shape index (κ1) is 16.4. The van der Waals surface area contributed by atoms with Crippen LogP contribution in [0.15, 0.2) is 46.9 Å². The number of carbonyl (C=O) groups is 2. The fourth-order valence-corrected chi connectivity index (χ4v) is 2.42. The summed E-state index contributed by atoms with van der Waals surface area (Å²) in [6.45, 7) is 3.87. The molecule has 0 spiro atoms. The molecule has 3 nitrogen and oxygen atoms in total. The van der Waals surface area contributed by atoms with Crippen molar-refractivity contribution in [1.29, 1.82) is 0 Å². The van der Waals surface area contributed by atoms with Gasteiger partial charge in [0.05, 0.1) is 0 Å². The van der Waals surface area contributed by atoms with E-state index in [4.69, 9.17) is 0 Å². The highest BCUT2D eigenvalue weighted by atomic mass is 79.9. The molecule has 0 aliphatic carbocycles. The highest BCUT2D eigenvalue weighted by molar-refractivity contribution is 9.10. The fraction of sp³-hybridized carbons (Fsp3) is 0.222. The van der Waals surface area contributed by atoms with E-state index in [0.29, 0.717) is 5.56 Å². The fourth-order valence-electron chi connectivity index (χ4n) is 2.15. The lowest BCUT2D eigenvalue weighted by atomic mass is 9.99. The first-order chi connectivity index (χ1) is 10.5. The maximum absolute atomic E-state index is 12.2. The second-order valence-electron chi connectivity index (χ2n) is 5.30. The van der Waals surface area contributed by atoms with Crippen LogP contribution in [0, 0.1) is 13.8 Å². The number of benzene rings is 2. The maximum Gasteiger partial charge on any atom is 0.224 e. The standard InChI is InChI=1S/C18H18BrNO2/c1-12-3-4-13(2)16(11-12)17(21)9-10-18(22)20-15-7-5-14(19)6-8-15/h3-8,11H,9-10H2,1-2H3,(H,20,22). The van der Waals surface area contributed by atoms with Crippen LogP contribution in [-0.4, -0.2) is 11.7 Å². The van der Waals surface area contributed by atoms with E-state index in [1.807, 2.05) is 56.3 Å². The van der Waals surface area contributed by atoms with Gasteiger partial charge < -0.3 is 5.32 Å². The van der Waals surface area contributed by atoms with Crippen LogP contribution in [-0.2, 0) is 4.79 Å². The second-order valence-corrected chi connectivity index (χ2v) is 6.21. The normalized spacial score (nSPS) is 10.3. The number of ketones is 1. The van der Waals surface area contributed by atoms with Crippen LogP contribution in [0.5, 0.6) is 0 Å². The minimum Gasteiger partial charge on any atom is -0.326 e. The van der Waals surface area contributed by atoms with E-state index in [0.717, 1.165) is 21.3 Å². The zero-order chi connectivity index (χ0) is 16.1. The molecule has 0 fully saturated rings. The van der Waals surface area contributed by atoms with Gasteiger partial charge in [-0.2, -0.15) is 0 Å². The van der Waals surface area contributed by atoms with E-state index < -0.39 is 0 Å². The van der Waals surface area contributed by atoms with Gasteiger partial charge in [0.1, 0.15) is 0 Å². The number of carbonyl (C=O) groups excluding carboxylic acids is 2. The summed E-state index contributed by atoms with van der Waals surface area (Å²) in [6, 6.07) is 13.1. The van der Waals surface area contributed by atoms with Crippen molar-refractivity contribution in [3.63, 3.8) is 0 Å². The Morgan fingerprint density at radius 2 is 1.68 bits per heavy atom. The first-order valence-corrected chi connectivity index (χ1v) is 7.91. The number of aryl methyl sites for hydroxylation is 2. The van der Waals surface area contributed by atoms with Crippen LogP contribution in [0.3, 0.4) is 0 Å². The van der Waals surface area contributed by atoms with Gasteiger partial charge in [0, 0.05) is 28.6 Å². The quantitative estimate of drug-likeness (QED) is 0.788. The SMILES string of the molecule is Cc1ccc(C)c(C(=O)CCC(=O)Nc2ccc(Br)cc2)c1. The van der Waals surface area contributed by atoms with Gasteiger partial charge in [-0.15, -0.1) is 0 Å². The number of rotatable bonds is 5. The largest absolute Gasteiger partial charge is 0.326 e. The molecule has 4 heteroatoms. The molecule has 0 saturated heterocycles. The summed E-state index contributed by atoms with van der Waals surface area (Å²) in [5.41, 5.74) is 3.43. The Morgan fingerprint density at radius 1 is 1.00 bits per heavy atom. The van der Waals surface area contributed by atoms with Crippen molar-refractivity contribution in [2.24, 2.45) is 0 Å². The summed E-state index contributed by atoms with van der Waals surface area (Å²) in [6.07, 6.45) is 0.398. The third-order valence-electron chi connectivity index (χ3n) is 3.40. The Bertz CT molecular complexity index is 693. The van der Waals surface area contributed by atoms with Crippen LogP contribution in [0.2, 0.25) is 0 Å². The lowest BCUT2D eigenvalue weighted by Crippen LogP contribution is -2.14. The summed E-state index contributed by atoms with van der Waals surface area (Å²) in [5, 5.41) is 2.79. The highest BCUT2D eigenvalue weighted by Crippen LogP contribution is 2.16. The number of nitrogens with one attached hydrogen (secondary N) is 1. The molecule has 0 aromatic heterocycles. The summed E-state index contributed by atoms with van der Waals surface area (Å²) in [4.78, 5) is 24.1. The molecule has 2 rings (SSSR count). The van der Waals surface area contributed by atoms with E-state index in [-0.39, 0.29) is 24.5 Å². The van der Waals surface area contributed by atoms with Gasteiger partial charge in [-0.3, -0.25) is 9.59 Å². The molecule has 0 unspecified atom stereocenters. The van der Waals surface area contributed by atoms with Crippen molar-refractivity contribution in [3.05, 3.63) is 63.6 Å². The number of amides is 1. The van der Waals surface area contributed by atoms with Gasteiger partial charge >= 0.3 is 0 Å². The zero-order valence-electron chi connectivity index (χ0n) is 12.7. The lowest BCUT2D eigenvalue weighted by Gasteiger charge is -2.07. The summed E-state index contributed by atoms with van der Waals surface area (Å²) < 4.78 is 0.954. The minimum absolute atomic E-state index is 0.00663. The number of anilines is 1. The Morgan fingerprint density at radius 3 is 2.36 bits per heavy atom. The smallest absolute Gasteiger partial charge is 0.224 e. The van der Waals surface area contributed by atoms with Crippen molar-refractivity contribution >= 4 is 33.3 Å². The molecule has 0 aliphatic rings. The number of Topliss-reactive ketones (excluding diaryl/α,β-unsaturated/α-hetero) is 1. The first-order valence-electron chi connectivity index (χ1n) is 7.11. The van der Waals surface area contributed by atoms with E-state index in [1.54, 1.807) is 0 Å². The Kier molecular flexibility index (Phi) is 5.50. The predicted octanol–water partition coefficient (Wildman–Crippen LogP) is 4.67. The monoisotopic (exact) mass is 359 g/mol. The molecule has 2 aromatic rings. The molecular weight excluding hydrogens is 342 g/mol. The molecule has 0 atom stereocenters. The van der Waals surface area contributed by atoms with Crippen LogP contribution < -0.4 is 5.32 Å². The average molecular weight is 360 g/mol. The topological polar surface area (TPSA) is 46.2 Å². The van der Waals surface area contributed by atoms with Gasteiger partial charge in [-0.1, -0.05) is 33.6 Å². The third kappa shape index (κ3) is 4.53. The van der Waals surface area contributed by atoms with Crippen molar-refractivity contribution in [2.45, 2.75) is 26.7 Å². The molecular formula is C18H18BrNO2. The zero-order valence-corrected chi connectivity index (χ0v) is 14.2. The van der Waals surface area contributed by atoms with Crippen LogP contribution in [0.25, 0.3) is 0 Å². The van der Waals surface area contributed by atoms with E-state index in [2.05, 4.69) is 21.2 Å². The van der Waals surface area contributed by atoms with Gasteiger partial charge in [-0.25, -0.2) is 0 Å². The Hall–Kier alpha value is -1.94. The van der Waals surface area contributed by atoms with Crippen LogP contribution in [0.1, 0.15) is 34.3 Å². The highest BCUT2D eigenvalue weighted by Gasteiger charge is 2.12. The van der Waals surface area contributed by atoms with Gasteiger partial charge in [-0.05, 0) is 49.7 Å². The number of halogens is 1. The molecule has 0 aliphatic heterocycles. The average Bonchev–Trinajstić information content (AvgIpc) is 2.49. The lowest BCUT2D eigenvalue weighted by molar-refractivity contribution is -0.116. The predicted molar refractivity (Wildman–Crippen MR) is 92.3 cm³/mol. The van der Waals surface area contributed by atoms with Crippen molar-refractivity contribution in [2.75, 3.05) is 5.32 Å². The van der Waals surface area contributed by atoms with Crippen LogP contribution in [0.4, 0.5) is 5.69 Å². The van der Waals surface area contributed by atoms with Crippen molar-refractivity contribution in [1.82, 2.24) is 0 Å². The summed E-state index contributed by atoms with van der Waals surface area (Å²) in [5.74, 6) is -0.145. The molecule has 0 bridgehead atoms. The van der Waals surface area contributed by atoms with Gasteiger partial charge in [0.15, 0.2) is 5.78 Å². The summed E-state index contributed by atoms with van der Waals surface area (Å²) >= 11 is 3.34. The molecule has 0 saturated carbocycles. The Balaban J connectivity index is 1.91.